The number of ether oxygens (including phenoxy) is 2. The number of benzene rings is 1. The van der Waals surface area contributed by atoms with Crippen molar-refractivity contribution in [1.82, 2.24) is 0 Å². The number of para-hydroxylation sites is 1. The van der Waals surface area contributed by atoms with Gasteiger partial charge in [0.25, 0.3) is 0 Å². The van der Waals surface area contributed by atoms with Crippen LogP contribution in [-0.4, -0.2) is 31.0 Å². The van der Waals surface area contributed by atoms with Crippen molar-refractivity contribution in [3.8, 4) is 5.75 Å². The first-order valence-electron chi connectivity index (χ1n) is 6.06. The zero-order valence-corrected chi connectivity index (χ0v) is 10.5. The molecule has 1 saturated heterocycles. The third-order valence-corrected chi connectivity index (χ3v) is 2.97. The zero-order chi connectivity index (χ0) is 12.3. The maximum Gasteiger partial charge on any atom is 0.122 e. The Labute approximate surface area is 102 Å². The van der Waals surface area contributed by atoms with E-state index in [1.54, 1.807) is 6.92 Å². The van der Waals surface area contributed by atoms with Crippen LogP contribution in [0.2, 0.25) is 0 Å². The third-order valence-electron chi connectivity index (χ3n) is 2.97. The Bertz CT molecular complexity index is 369. The van der Waals surface area contributed by atoms with Crippen LogP contribution in [0.5, 0.6) is 5.75 Å². The van der Waals surface area contributed by atoms with Crippen LogP contribution in [-0.2, 0) is 11.2 Å². The molecule has 0 saturated carbocycles. The number of aliphatic hydroxyl groups excluding tert-OH is 1. The van der Waals surface area contributed by atoms with E-state index in [1.807, 2.05) is 24.3 Å². The minimum atomic E-state index is -0.345. The van der Waals surface area contributed by atoms with Crippen LogP contribution >= 0.6 is 0 Å². The van der Waals surface area contributed by atoms with Gasteiger partial charge >= 0.3 is 0 Å². The molecule has 1 aromatic carbocycles. The molecule has 0 radical (unpaired) electrons. The van der Waals surface area contributed by atoms with E-state index in [0.29, 0.717) is 13.0 Å². The summed E-state index contributed by atoms with van der Waals surface area (Å²) < 4.78 is 11.1. The average Bonchev–Trinajstić information content (AvgIpc) is 2.25. The van der Waals surface area contributed by atoms with Crippen molar-refractivity contribution in [2.75, 3.05) is 19.8 Å². The van der Waals surface area contributed by atoms with Gasteiger partial charge in [-0.05, 0) is 18.6 Å². The highest BCUT2D eigenvalue weighted by Crippen LogP contribution is 2.29. The summed E-state index contributed by atoms with van der Waals surface area (Å²) in [7, 11) is 0. The molecule has 1 aromatic rings. The highest BCUT2D eigenvalue weighted by Gasteiger charge is 2.34. The summed E-state index contributed by atoms with van der Waals surface area (Å²) in [5, 5.41) is 9.44. The lowest BCUT2D eigenvalue weighted by molar-refractivity contribution is -0.120. The molecule has 1 heterocycles. The van der Waals surface area contributed by atoms with Crippen LogP contribution in [0, 0.1) is 5.41 Å². The van der Waals surface area contributed by atoms with E-state index in [-0.39, 0.29) is 11.5 Å². The fraction of sp³-hybridized carbons (Fsp3) is 0.571. The van der Waals surface area contributed by atoms with E-state index in [0.717, 1.165) is 24.5 Å². The Kier molecular flexibility index (Phi) is 3.69. The molecule has 0 aromatic heterocycles. The van der Waals surface area contributed by atoms with E-state index >= 15 is 0 Å². The SMILES string of the molecule is CC(O)Cc1ccccc1OCC1(C)COC1. The molecular weight excluding hydrogens is 216 g/mol. The van der Waals surface area contributed by atoms with Gasteiger partial charge in [-0.25, -0.2) is 0 Å². The van der Waals surface area contributed by atoms with Crippen LogP contribution in [0.1, 0.15) is 19.4 Å². The van der Waals surface area contributed by atoms with Gasteiger partial charge in [-0.1, -0.05) is 25.1 Å². The minimum absolute atomic E-state index is 0.151. The van der Waals surface area contributed by atoms with E-state index in [9.17, 15) is 5.11 Å². The molecule has 3 nitrogen and oxygen atoms in total. The number of hydrogen-bond acceptors (Lipinski definition) is 3. The normalized spacial score (nSPS) is 19.5. The number of hydrogen-bond donors (Lipinski definition) is 1. The van der Waals surface area contributed by atoms with Gasteiger partial charge in [0.2, 0.25) is 0 Å². The molecule has 94 valence electrons. The predicted molar refractivity (Wildman–Crippen MR) is 66.2 cm³/mol. The molecule has 17 heavy (non-hydrogen) atoms. The molecule has 0 aliphatic carbocycles. The van der Waals surface area contributed by atoms with E-state index < -0.39 is 0 Å². The van der Waals surface area contributed by atoms with Crippen molar-refractivity contribution >= 4 is 0 Å². The highest BCUT2D eigenvalue weighted by atomic mass is 16.5. The third kappa shape index (κ3) is 3.20. The summed E-state index contributed by atoms with van der Waals surface area (Å²) in [6.07, 6.45) is 0.283. The first kappa shape index (κ1) is 12.4. The summed E-state index contributed by atoms with van der Waals surface area (Å²) in [4.78, 5) is 0. The second kappa shape index (κ2) is 5.07. The van der Waals surface area contributed by atoms with Gasteiger partial charge in [-0.2, -0.15) is 0 Å². The molecule has 0 amide bonds. The van der Waals surface area contributed by atoms with Crippen LogP contribution in [0.3, 0.4) is 0 Å². The van der Waals surface area contributed by atoms with Crippen LogP contribution in [0.4, 0.5) is 0 Å². The topological polar surface area (TPSA) is 38.7 Å². The molecule has 1 atom stereocenters. The molecule has 1 fully saturated rings. The summed E-state index contributed by atoms with van der Waals surface area (Å²) in [6.45, 7) is 6.16. The van der Waals surface area contributed by atoms with Gasteiger partial charge in [0.05, 0.1) is 25.9 Å². The smallest absolute Gasteiger partial charge is 0.122 e. The van der Waals surface area contributed by atoms with Gasteiger partial charge in [-0.15, -0.1) is 0 Å². The predicted octanol–water partition coefficient (Wildman–Crippen LogP) is 2.03. The molecule has 1 unspecified atom stereocenters. The Hall–Kier alpha value is -1.06. The molecule has 0 bridgehead atoms. The Balaban J connectivity index is 1.99. The van der Waals surface area contributed by atoms with Crippen molar-refractivity contribution in [3.63, 3.8) is 0 Å². The lowest BCUT2D eigenvalue weighted by atomic mass is 9.90. The zero-order valence-electron chi connectivity index (χ0n) is 10.5. The number of aliphatic hydroxyl groups is 1. The maximum absolute atomic E-state index is 9.44. The average molecular weight is 236 g/mol. The van der Waals surface area contributed by atoms with E-state index in [4.69, 9.17) is 9.47 Å². The number of rotatable bonds is 5. The van der Waals surface area contributed by atoms with Gasteiger partial charge in [0, 0.05) is 11.8 Å². The van der Waals surface area contributed by atoms with Crippen molar-refractivity contribution in [1.29, 1.82) is 0 Å². The monoisotopic (exact) mass is 236 g/mol. The second-order valence-corrected chi connectivity index (χ2v) is 5.25. The Morgan fingerprint density at radius 3 is 2.71 bits per heavy atom. The van der Waals surface area contributed by atoms with E-state index in [2.05, 4.69) is 6.92 Å². The van der Waals surface area contributed by atoms with Crippen molar-refractivity contribution < 1.29 is 14.6 Å². The molecule has 1 aliphatic heterocycles. The lowest BCUT2D eigenvalue weighted by Crippen LogP contribution is -2.44. The van der Waals surface area contributed by atoms with Crippen molar-refractivity contribution in [2.24, 2.45) is 5.41 Å². The maximum atomic E-state index is 9.44. The summed E-state index contributed by atoms with van der Waals surface area (Å²) in [6, 6.07) is 7.89. The van der Waals surface area contributed by atoms with Crippen molar-refractivity contribution in [3.05, 3.63) is 29.8 Å². The molecular formula is C14H20O3. The summed E-state index contributed by atoms with van der Waals surface area (Å²) >= 11 is 0. The molecule has 0 spiro atoms. The van der Waals surface area contributed by atoms with Crippen LogP contribution < -0.4 is 4.74 Å². The molecule has 2 rings (SSSR count). The van der Waals surface area contributed by atoms with E-state index in [1.165, 1.54) is 0 Å². The van der Waals surface area contributed by atoms with Crippen LogP contribution in [0.15, 0.2) is 24.3 Å². The lowest BCUT2D eigenvalue weighted by Gasteiger charge is -2.37. The first-order chi connectivity index (χ1) is 8.09. The quantitative estimate of drug-likeness (QED) is 0.850. The van der Waals surface area contributed by atoms with Gasteiger partial charge < -0.3 is 14.6 Å². The Morgan fingerprint density at radius 1 is 1.41 bits per heavy atom. The van der Waals surface area contributed by atoms with Crippen molar-refractivity contribution in [2.45, 2.75) is 26.4 Å². The second-order valence-electron chi connectivity index (χ2n) is 5.25. The molecule has 1 aliphatic rings. The minimum Gasteiger partial charge on any atom is -0.493 e. The molecule has 3 heteroatoms. The van der Waals surface area contributed by atoms with Gasteiger partial charge in [-0.3, -0.25) is 0 Å². The highest BCUT2D eigenvalue weighted by molar-refractivity contribution is 5.33. The fourth-order valence-corrected chi connectivity index (χ4v) is 1.92. The summed E-state index contributed by atoms with van der Waals surface area (Å²) in [5.41, 5.74) is 1.21. The standard InChI is InChI=1S/C14H20O3/c1-11(15)7-12-5-3-4-6-13(12)17-10-14(2)8-16-9-14/h3-6,11,15H,7-10H2,1-2H3. The first-order valence-corrected chi connectivity index (χ1v) is 6.06. The summed E-state index contributed by atoms with van der Waals surface area (Å²) in [5.74, 6) is 0.876. The van der Waals surface area contributed by atoms with Gasteiger partial charge in [0.15, 0.2) is 0 Å². The largest absolute Gasteiger partial charge is 0.493 e. The Morgan fingerprint density at radius 2 is 2.12 bits per heavy atom. The molecule has 1 N–H and O–H groups in total. The van der Waals surface area contributed by atoms with Gasteiger partial charge in [0.1, 0.15) is 5.75 Å². The van der Waals surface area contributed by atoms with Crippen LogP contribution in [0.25, 0.3) is 0 Å². The fourth-order valence-electron chi connectivity index (χ4n) is 1.92.